The van der Waals surface area contributed by atoms with Crippen LogP contribution in [0.1, 0.15) is 79.0 Å². The van der Waals surface area contributed by atoms with Crippen molar-refractivity contribution in [2.45, 2.75) is 58.3 Å². The zero-order valence-electron chi connectivity index (χ0n) is 27.5. The van der Waals surface area contributed by atoms with Crippen molar-refractivity contribution < 1.29 is 38.1 Å². The monoisotopic (exact) mass is 644 g/mol. The fourth-order valence-electron chi connectivity index (χ4n) is 11.2. The molecule has 1 aromatic carbocycles. The van der Waals surface area contributed by atoms with Crippen molar-refractivity contribution in [3.05, 3.63) is 60.2 Å². The summed E-state index contributed by atoms with van der Waals surface area (Å²) in [6, 6.07) is 6.69. The van der Waals surface area contributed by atoms with Gasteiger partial charge in [-0.2, -0.15) is 0 Å². The van der Waals surface area contributed by atoms with Crippen LogP contribution in [0.2, 0.25) is 0 Å². The molecule has 252 valence electrons. The van der Waals surface area contributed by atoms with E-state index >= 15 is 0 Å². The summed E-state index contributed by atoms with van der Waals surface area (Å²) in [6.45, 7) is 10.6. The summed E-state index contributed by atoms with van der Waals surface area (Å²) in [5, 5.41) is 0. The van der Waals surface area contributed by atoms with Crippen LogP contribution in [0.5, 0.6) is 0 Å². The van der Waals surface area contributed by atoms with E-state index < -0.39 is 11.9 Å². The Balaban J connectivity index is 0.857. The van der Waals surface area contributed by atoms with Gasteiger partial charge in [0.15, 0.2) is 0 Å². The van der Waals surface area contributed by atoms with Gasteiger partial charge in [0.1, 0.15) is 0 Å². The molecule has 6 saturated carbocycles. The number of carbonyl (C=O) groups is 4. The average Bonchev–Trinajstić information content (AvgIpc) is 3.91. The van der Waals surface area contributed by atoms with Crippen molar-refractivity contribution in [1.82, 2.24) is 0 Å². The molecule has 10 unspecified atom stereocenters. The second-order valence-electron chi connectivity index (χ2n) is 15.6. The molecule has 0 amide bonds. The fourth-order valence-corrected chi connectivity index (χ4v) is 11.2. The van der Waals surface area contributed by atoms with E-state index in [1.165, 1.54) is 18.9 Å². The van der Waals surface area contributed by atoms with Gasteiger partial charge in [0.05, 0.1) is 37.6 Å². The van der Waals surface area contributed by atoms with Crippen molar-refractivity contribution in [1.29, 1.82) is 0 Å². The summed E-state index contributed by atoms with van der Waals surface area (Å²) in [7, 11) is 0. The summed E-state index contributed by atoms with van der Waals surface area (Å²) in [5.41, 5.74) is 1.18. The minimum absolute atomic E-state index is 0.304. The molecule has 1 aromatic rings. The Hall–Kier alpha value is -3.42. The van der Waals surface area contributed by atoms with E-state index in [2.05, 4.69) is 13.2 Å². The van der Waals surface area contributed by atoms with Gasteiger partial charge in [0.25, 0.3) is 0 Å². The summed E-state index contributed by atoms with van der Waals surface area (Å²) < 4.78 is 22.4. The molecular weight excluding hydrogens is 596 g/mol. The first-order valence-corrected chi connectivity index (χ1v) is 17.7. The van der Waals surface area contributed by atoms with Crippen LogP contribution in [0.4, 0.5) is 0 Å². The third-order valence-corrected chi connectivity index (χ3v) is 13.0. The SMILES string of the molecule is C=CC(=O)OCC1CC2C3CC(CC3COC(=O)c3cccc(C(=O)OCC4CC5C6CC(CC6COC(=O)C(=C)C)[C@H]5C4)c3)[C@H]2C1. The number of hydrogen-bond acceptors (Lipinski definition) is 8. The lowest BCUT2D eigenvalue weighted by molar-refractivity contribution is -0.141. The minimum atomic E-state index is -0.405. The molecule has 6 fully saturated rings. The summed E-state index contributed by atoms with van der Waals surface area (Å²) >= 11 is 0. The molecule has 0 saturated heterocycles. The highest BCUT2D eigenvalue weighted by atomic mass is 16.5. The lowest BCUT2D eigenvalue weighted by Crippen LogP contribution is -2.28. The number of benzene rings is 1. The van der Waals surface area contributed by atoms with Crippen molar-refractivity contribution >= 4 is 23.9 Å². The lowest BCUT2D eigenvalue weighted by Gasteiger charge is -2.31. The molecule has 6 aliphatic rings. The molecule has 12 atom stereocenters. The number of esters is 4. The van der Waals surface area contributed by atoms with E-state index in [-0.39, 0.29) is 11.9 Å². The van der Waals surface area contributed by atoms with E-state index in [1.807, 2.05) is 0 Å². The Bertz CT molecular complexity index is 1430. The number of ether oxygens (including phenoxy) is 4. The summed E-state index contributed by atoms with van der Waals surface area (Å²) in [5.74, 6) is 5.11. The Morgan fingerprint density at radius 2 is 1.15 bits per heavy atom. The Morgan fingerprint density at radius 1 is 0.660 bits per heavy atom. The van der Waals surface area contributed by atoms with Gasteiger partial charge in [0.2, 0.25) is 0 Å². The first-order valence-electron chi connectivity index (χ1n) is 17.7. The van der Waals surface area contributed by atoms with Gasteiger partial charge in [-0.1, -0.05) is 19.2 Å². The number of hydrogen-bond donors (Lipinski definition) is 0. The van der Waals surface area contributed by atoms with Gasteiger partial charge in [0, 0.05) is 11.6 Å². The molecule has 6 aliphatic carbocycles. The predicted octanol–water partition coefficient (Wildman–Crippen LogP) is 6.45. The van der Waals surface area contributed by atoms with Gasteiger partial charge >= 0.3 is 23.9 Å². The molecular formula is C39H48O8. The maximum Gasteiger partial charge on any atom is 0.338 e. The number of rotatable bonds is 12. The van der Waals surface area contributed by atoms with Crippen molar-refractivity contribution in [3.63, 3.8) is 0 Å². The third-order valence-electron chi connectivity index (χ3n) is 13.0. The second kappa shape index (κ2) is 13.2. The first-order chi connectivity index (χ1) is 22.7. The molecule has 8 heteroatoms. The predicted molar refractivity (Wildman–Crippen MR) is 173 cm³/mol. The number of carbonyl (C=O) groups excluding carboxylic acids is 4. The summed E-state index contributed by atoms with van der Waals surface area (Å²) in [4.78, 5) is 49.5. The molecule has 8 nitrogen and oxygen atoms in total. The van der Waals surface area contributed by atoms with Gasteiger partial charge in [-0.15, -0.1) is 0 Å². The maximum absolute atomic E-state index is 13.1. The van der Waals surface area contributed by atoms with Crippen molar-refractivity contribution in [2.24, 2.45) is 71.0 Å². The largest absolute Gasteiger partial charge is 0.462 e. The lowest BCUT2D eigenvalue weighted by atomic mass is 9.76. The molecule has 47 heavy (non-hydrogen) atoms. The fraction of sp³-hybridized carbons (Fsp3) is 0.641. The van der Waals surface area contributed by atoms with Crippen LogP contribution >= 0.6 is 0 Å². The Kier molecular flexibility index (Phi) is 9.05. The van der Waals surface area contributed by atoms with Crippen LogP contribution in [-0.4, -0.2) is 50.3 Å². The molecule has 0 N–H and O–H groups in total. The first kappa shape index (κ1) is 32.1. The second-order valence-corrected chi connectivity index (χ2v) is 15.6. The Morgan fingerprint density at radius 3 is 1.68 bits per heavy atom. The van der Waals surface area contributed by atoms with Crippen LogP contribution in [0.25, 0.3) is 0 Å². The van der Waals surface area contributed by atoms with Gasteiger partial charge in [-0.25, -0.2) is 19.2 Å². The van der Waals surface area contributed by atoms with Crippen LogP contribution in [-0.2, 0) is 28.5 Å². The smallest absolute Gasteiger partial charge is 0.338 e. The highest BCUT2D eigenvalue weighted by molar-refractivity contribution is 5.95. The van der Waals surface area contributed by atoms with E-state index in [0.717, 1.165) is 38.5 Å². The van der Waals surface area contributed by atoms with Gasteiger partial charge in [-0.3, -0.25) is 0 Å². The summed E-state index contributed by atoms with van der Waals surface area (Å²) in [6.07, 6.45) is 10.2. The topological polar surface area (TPSA) is 105 Å². The van der Waals surface area contributed by atoms with E-state index in [0.29, 0.717) is 114 Å². The molecule has 0 radical (unpaired) electrons. The standard InChI is InChI=1S/C39H48O8/c1-4-36(40)44-17-22-8-30-27-14-29(33(16-27)34(30)10-22)20-47-39(43)25-7-5-6-24(12-25)38(42)45-18-23-9-31-26-13-28(19-46-37(41)21(2)3)32(15-26)35(31)11-23/h4-7,12,22-23,26-35H,1-2,8-11,13-20H2,3H3/t22?,23?,26?,27?,28?,29?,30-,31-,32?,33?,34?,35?/m1/s1. The average molecular weight is 645 g/mol. The minimum Gasteiger partial charge on any atom is -0.462 e. The van der Waals surface area contributed by atoms with E-state index in [1.54, 1.807) is 31.2 Å². The molecule has 4 bridgehead atoms. The Labute approximate surface area is 277 Å². The van der Waals surface area contributed by atoms with Crippen molar-refractivity contribution in [3.8, 4) is 0 Å². The quantitative estimate of drug-likeness (QED) is 0.145. The third kappa shape index (κ3) is 6.41. The molecule has 7 rings (SSSR count). The van der Waals surface area contributed by atoms with Gasteiger partial charge in [-0.05, 0) is 148 Å². The maximum atomic E-state index is 13.1. The highest BCUT2D eigenvalue weighted by Crippen LogP contribution is 2.63. The normalized spacial score (nSPS) is 37.2. The van der Waals surface area contributed by atoms with Crippen LogP contribution < -0.4 is 0 Å². The van der Waals surface area contributed by atoms with Crippen LogP contribution in [0.15, 0.2) is 49.1 Å². The molecule has 0 spiro atoms. The van der Waals surface area contributed by atoms with Crippen molar-refractivity contribution in [2.75, 3.05) is 26.4 Å². The highest BCUT2D eigenvalue weighted by Gasteiger charge is 2.57. The van der Waals surface area contributed by atoms with Crippen LogP contribution in [0.3, 0.4) is 0 Å². The van der Waals surface area contributed by atoms with E-state index in [9.17, 15) is 19.2 Å². The van der Waals surface area contributed by atoms with Gasteiger partial charge < -0.3 is 18.9 Å². The zero-order valence-corrected chi connectivity index (χ0v) is 27.5. The molecule has 0 heterocycles. The number of fused-ring (bicyclic) bond motifs is 10. The zero-order chi connectivity index (χ0) is 32.8. The van der Waals surface area contributed by atoms with E-state index in [4.69, 9.17) is 18.9 Å². The molecule has 0 aliphatic heterocycles. The molecule has 0 aromatic heterocycles. The van der Waals surface area contributed by atoms with Crippen LogP contribution in [0, 0.1) is 71.0 Å².